The van der Waals surface area contributed by atoms with Crippen LogP contribution in [0.25, 0.3) is 6.08 Å². The van der Waals surface area contributed by atoms with Gasteiger partial charge in [-0.2, -0.15) is 0 Å². The number of carbonyl (C=O) groups is 2. The molecule has 0 radical (unpaired) electrons. The third-order valence-electron chi connectivity index (χ3n) is 4.00. The van der Waals surface area contributed by atoms with Crippen LogP contribution in [0.1, 0.15) is 18.4 Å². The lowest BCUT2D eigenvalue weighted by atomic mass is 10.2. The lowest BCUT2D eigenvalue weighted by Gasteiger charge is -2.14. The van der Waals surface area contributed by atoms with Gasteiger partial charge in [0.15, 0.2) is 0 Å². The summed E-state index contributed by atoms with van der Waals surface area (Å²) < 4.78 is 0.474. The van der Waals surface area contributed by atoms with Gasteiger partial charge in [0.1, 0.15) is 10.1 Å². The van der Waals surface area contributed by atoms with E-state index in [4.69, 9.17) is 23.8 Å². The molecule has 3 rings (SSSR count). The number of thiocarbonyl (C=S) groups is 1. The van der Waals surface area contributed by atoms with Gasteiger partial charge >= 0.3 is 0 Å². The van der Waals surface area contributed by atoms with Crippen molar-refractivity contribution in [2.24, 2.45) is 0 Å². The fraction of sp³-hybridized carbons (Fsp3) is 0.150. The van der Waals surface area contributed by atoms with Crippen LogP contribution < -0.4 is 5.32 Å². The van der Waals surface area contributed by atoms with Crippen molar-refractivity contribution in [1.82, 2.24) is 4.90 Å². The summed E-state index contributed by atoms with van der Waals surface area (Å²) in [4.78, 5) is 26.7. The molecule has 1 aliphatic rings. The molecule has 1 fully saturated rings. The molecule has 144 valence electrons. The number of aromatic hydroxyl groups is 1. The number of rotatable bonds is 6. The Bertz CT molecular complexity index is 945. The molecule has 1 aliphatic heterocycles. The van der Waals surface area contributed by atoms with Crippen LogP contribution in [0.4, 0.5) is 5.69 Å². The molecular formula is C20H17ClN2O3S2. The fourth-order valence-electron chi connectivity index (χ4n) is 2.59. The molecule has 5 nitrogen and oxygen atoms in total. The van der Waals surface area contributed by atoms with Crippen LogP contribution in [0.2, 0.25) is 5.02 Å². The fourth-order valence-corrected chi connectivity index (χ4v) is 4.08. The second-order valence-corrected chi connectivity index (χ2v) is 8.14. The predicted molar refractivity (Wildman–Crippen MR) is 117 cm³/mol. The number of phenolic OH excluding ortho intramolecular Hbond substituents is 1. The predicted octanol–water partition coefficient (Wildman–Crippen LogP) is 4.67. The van der Waals surface area contributed by atoms with Crippen molar-refractivity contribution in [1.29, 1.82) is 0 Å². The van der Waals surface area contributed by atoms with E-state index >= 15 is 0 Å². The molecule has 1 heterocycles. The number of halogens is 1. The number of nitrogens with one attached hydrogen (secondary N) is 1. The number of amides is 2. The van der Waals surface area contributed by atoms with Crippen LogP contribution >= 0.6 is 35.6 Å². The van der Waals surface area contributed by atoms with Gasteiger partial charge in [-0.15, -0.1) is 0 Å². The lowest BCUT2D eigenvalue weighted by Crippen LogP contribution is -2.29. The highest BCUT2D eigenvalue weighted by Gasteiger charge is 2.31. The van der Waals surface area contributed by atoms with Crippen molar-refractivity contribution < 1.29 is 14.7 Å². The highest BCUT2D eigenvalue weighted by molar-refractivity contribution is 8.26. The summed E-state index contributed by atoms with van der Waals surface area (Å²) in [7, 11) is 0. The second kappa shape index (κ2) is 9.23. The Hall–Kier alpha value is -2.35. The van der Waals surface area contributed by atoms with Crippen molar-refractivity contribution in [3.05, 3.63) is 64.0 Å². The Labute approximate surface area is 177 Å². The molecule has 2 amide bonds. The first-order chi connectivity index (χ1) is 13.4. The Morgan fingerprint density at radius 1 is 1.21 bits per heavy atom. The summed E-state index contributed by atoms with van der Waals surface area (Å²) >= 11 is 12.7. The summed E-state index contributed by atoms with van der Waals surface area (Å²) in [6.07, 6.45) is 2.47. The molecule has 0 bridgehead atoms. The Morgan fingerprint density at radius 2 is 1.93 bits per heavy atom. The maximum Gasteiger partial charge on any atom is 0.266 e. The number of hydrogen-bond acceptors (Lipinski definition) is 5. The van der Waals surface area contributed by atoms with Gasteiger partial charge in [-0.3, -0.25) is 14.5 Å². The molecule has 28 heavy (non-hydrogen) atoms. The first kappa shape index (κ1) is 20.4. The van der Waals surface area contributed by atoms with Crippen LogP contribution in [0.15, 0.2) is 53.4 Å². The molecular weight excluding hydrogens is 416 g/mol. The number of carbonyl (C=O) groups excluding carboxylic acids is 2. The number of phenols is 1. The minimum Gasteiger partial charge on any atom is -0.508 e. The van der Waals surface area contributed by atoms with E-state index in [1.54, 1.807) is 24.3 Å². The molecule has 1 saturated heterocycles. The average Bonchev–Trinajstić information content (AvgIpc) is 2.93. The molecule has 0 aliphatic carbocycles. The SMILES string of the molecule is O=C(CCCN1C(=O)C(=Cc2ccccc2Cl)SC1=S)Nc1ccc(O)cc1. The smallest absolute Gasteiger partial charge is 0.266 e. The van der Waals surface area contributed by atoms with E-state index in [0.717, 1.165) is 5.56 Å². The zero-order valence-electron chi connectivity index (χ0n) is 14.7. The van der Waals surface area contributed by atoms with Gasteiger partial charge in [-0.25, -0.2) is 0 Å². The highest BCUT2D eigenvalue weighted by atomic mass is 35.5. The third-order valence-corrected chi connectivity index (χ3v) is 5.72. The topological polar surface area (TPSA) is 69.6 Å². The quantitative estimate of drug-likeness (QED) is 0.394. The largest absolute Gasteiger partial charge is 0.508 e. The van der Waals surface area contributed by atoms with Crippen LogP contribution in [0.5, 0.6) is 5.75 Å². The number of hydrogen-bond donors (Lipinski definition) is 2. The van der Waals surface area contributed by atoms with E-state index in [2.05, 4.69) is 5.32 Å². The monoisotopic (exact) mass is 432 g/mol. The third kappa shape index (κ3) is 5.13. The number of benzene rings is 2. The van der Waals surface area contributed by atoms with Crippen LogP contribution in [-0.2, 0) is 9.59 Å². The Morgan fingerprint density at radius 3 is 2.64 bits per heavy atom. The molecule has 2 aromatic rings. The Kier molecular flexibility index (Phi) is 6.72. The minimum atomic E-state index is -0.172. The van der Waals surface area contributed by atoms with Gasteiger partial charge in [0.05, 0.1) is 4.91 Å². The molecule has 8 heteroatoms. The van der Waals surface area contributed by atoms with Crippen LogP contribution in [-0.4, -0.2) is 32.7 Å². The maximum absolute atomic E-state index is 12.6. The van der Waals surface area contributed by atoms with Gasteiger partial charge < -0.3 is 10.4 Å². The highest BCUT2D eigenvalue weighted by Crippen LogP contribution is 2.33. The van der Waals surface area contributed by atoms with E-state index in [9.17, 15) is 14.7 Å². The van der Waals surface area contributed by atoms with Gasteiger partial charge in [-0.05, 0) is 48.4 Å². The normalized spacial score (nSPS) is 15.3. The van der Waals surface area contributed by atoms with Crippen molar-refractivity contribution in [3.63, 3.8) is 0 Å². The zero-order chi connectivity index (χ0) is 20.1. The van der Waals surface area contributed by atoms with Crippen molar-refractivity contribution in [2.45, 2.75) is 12.8 Å². The molecule has 0 unspecified atom stereocenters. The first-order valence-corrected chi connectivity index (χ1v) is 10.1. The van der Waals surface area contributed by atoms with Gasteiger partial charge in [-0.1, -0.05) is 53.8 Å². The summed E-state index contributed by atoms with van der Waals surface area (Å²) in [5.74, 6) is -0.200. The van der Waals surface area contributed by atoms with Gasteiger partial charge in [0.25, 0.3) is 5.91 Å². The van der Waals surface area contributed by atoms with Gasteiger partial charge in [0.2, 0.25) is 5.91 Å². The van der Waals surface area contributed by atoms with Crippen molar-refractivity contribution in [2.75, 3.05) is 11.9 Å². The molecule has 0 spiro atoms. The number of thioether (sulfide) groups is 1. The van der Waals surface area contributed by atoms with Crippen LogP contribution in [0.3, 0.4) is 0 Å². The second-order valence-electron chi connectivity index (χ2n) is 6.05. The molecule has 2 N–H and O–H groups in total. The van der Waals surface area contributed by atoms with E-state index in [1.165, 1.54) is 28.8 Å². The lowest BCUT2D eigenvalue weighted by molar-refractivity contribution is -0.122. The summed E-state index contributed by atoms with van der Waals surface area (Å²) in [6, 6.07) is 13.5. The van der Waals surface area contributed by atoms with Crippen molar-refractivity contribution >= 4 is 63.5 Å². The first-order valence-electron chi connectivity index (χ1n) is 8.53. The maximum atomic E-state index is 12.6. The minimum absolute atomic E-state index is 0.136. The standard InChI is InChI=1S/C20H17ClN2O3S2/c21-16-5-2-1-4-13(16)12-17-19(26)23(20(27)28-17)11-3-6-18(25)22-14-7-9-15(24)10-8-14/h1-2,4-5,7-10,12,24H,3,6,11H2,(H,22,25). The van der Waals surface area contributed by atoms with Crippen LogP contribution in [0, 0.1) is 0 Å². The summed E-state index contributed by atoms with van der Waals surface area (Å²) in [6.45, 7) is 0.369. The average molecular weight is 433 g/mol. The molecule has 0 atom stereocenters. The summed E-state index contributed by atoms with van der Waals surface area (Å²) in [5.41, 5.74) is 1.37. The molecule has 0 saturated carbocycles. The van der Waals surface area contributed by atoms with E-state index in [-0.39, 0.29) is 24.0 Å². The number of anilines is 1. The van der Waals surface area contributed by atoms with Gasteiger partial charge in [0, 0.05) is 23.7 Å². The van der Waals surface area contributed by atoms with E-state index in [0.29, 0.717) is 32.9 Å². The van der Waals surface area contributed by atoms with E-state index in [1.807, 2.05) is 18.2 Å². The summed E-state index contributed by atoms with van der Waals surface area (Å²) in [5, 5.41) is 12.6. The van der Waals surface area contributed by atoms with E-state index < -0.39 is 0 Å². The van der Waals surface area contributed by atoms with Crippen molar-refractivity contribution in [3.8, 4) is 5.75 Å². The zero-order valence-corrected chi connectivity index (χ0v) is 17.1. The molecule has 0 aromatic heterocycles. The Balaban J connectivity index is 1.54. The molecule has 2 aromatic carbocycles. The number of nitrogens with zero attached hydrogens (tertiary/aromatic N) is 1.